The lowest BCUT2D eigenvalue weighted by molar-refractivity contribution is -0.147. The molecule has 0 saturated heterocycles. The van der Waals surface area contributed by atoms with E-state index in [0.717, 1.165) is 16.9 Å². The first-order valence-electron chi connectivity index (χ1n) is 7.96. The first-order chi connectivity index (χ1) is 12.1. The molecule has 1 N–H and O–H groups in total. The van der Waals surface area contributed by atoms with Gasteiger partial charge in [-0.2, -0.15) is 0 Å². The maximum Gasteiger partial charge on any atom is 0.310 e. The normalized spacial score (nSPS) is 10.2. The summed E-state index contributed by atoms with van der Waals surface area (Å²) in [5, 5.41) is 3.24. The zero-order chi connectivity index (χ0) is 18.1. The highest BCUT2D eigenvalue weighted by Gasteiger charge is 2.09. The summed E-state index contributed by atoms with van der Waals surface area (Å²) in [6.45, 7) is 2.46. The number of esters is 1. The molecule has 0 spiro atoms. The Kier molecular flexibility index (Phi) is 7.29. The molecule has 5 nitrogen and oxygen atoms in total. The minimum absolute atomic E-state index is 0.101. The van der Waals surface area contributed by atoms with Crippen LogP contribution in [0.15, 0.2) is 48.5 Å². The highest BCUT2D eigenvalue weighted by Crippen LogP contribution is 2.14. The number of amides is 1. The van der Waals surface area contributed by atoms with Gasteiger partial charge in [0.2, 0.25) is 0 Å². The Morgan fingerprint density at radius 2 is 1.80 bits per heavy atom. The van der Waals surface area contributed by atoms with Crippen LogP contribution in [0.2, 0.25) is 5.02 Å². The van der Waals surface area contributed by atoms with E-state index in [1.807, 2.05) is 25.1 Å². The molecule has 2 rings (SSSR count). The van der Waals surface area contributed by atoms with Gasteiger partial charge in [-0.25, -0.2) is 0 Å². The number of benzene rings is 2. The van der Waals surface area contributed by atoms with Gasteiger partial charge in [-0.05, 0) is 36.2 Å². The van der Waals surface area contributed by atoms with E-state index in [4.69, 9.17) is 21.1 Å². The minimum atomic E-state index is -0.461. The Labute approximate surface area is 151 Å². The molecule has 2 aromatic rings. The number of rotatable bonds is 8. The molecule has 0 fully saturated rings. The van der Waals surface area contributed by atoms with Crippen LogP contribution in [0, 0.1) is 0 Å². The summed E-state index contributed by atoms with van der Waals surface area (Å²) < 4.78 is 10.3. The van der Waals surface area contributed by atoms with Gasteiger partial charge >= 0.3 is 5.97 Å². The molecule has 0 bridgehead atoms. The minimum Gasteiger partial charge on any atom is -0.494 e. The van der Waals surface area contributed by atoms with Crippen LogP contribution in [0.3, 0.4) is 0 Å². The second-order valence-electron chi connectivity index (χ2n) is 5.28. The topological polar surface area (TPSA) is 64.6 Å². The van der Waals surface area contributed by atoms with Gasteiger partial charge in [0.1, 0.15) is 5.75 Å². The largest absolute Gasteiger partial charge is 0.494 e. The Hall–Kier alpha value is -2.53. The SMILES string of the molecule is CCOc1ccc(CC(=O)OCC(=O)NCc2ccccc2Cl)cc1. The molecule has 0 aliphatic carbocycles. The first kappa shape index (κ1) is 18.8. The quantitative estimate of drug-likeness (QED) is 0.733. The van der Waals surface area contributed by atoms with Crippen molar-refractivity contribution in [1.29, 1.82) is 0 Å². The van der Waals surface area contributed by atoms with Crippen molar-refractivity contribution >= 4 is 23.5 Å². The van der Waals surface area contributed by atoms with Crippen molar-refractivity contribution in [1.82, 2.24) is 5.32 Å². The molecule has 0 aliphatic rings. The molecule has 0 aliphatic heterocycles. The van der Waals surface area contributed by atoms with Crippen molar-refractivity contribution in [2.75, 3.05) is 13.2 Å². The van der Waals surface area contributed by atoms with Crippen LogP contribution in [0.25, 0.3) is 0 Å². The molecule has 0 heterocycles. The van der Waals surface area contributed by atoms with Crippen LogP contribution >= 0.6 is 11.6 Å². The molecule has 25 heavy (non-hydrogen) atoms. The van der Waals surface area contributed by atoms with Crippen molar-refractivity contribution < 1.29 is 19.1 Å². The van der Waals surface area contributed by atoms with Crippen LogP contribution in [-0.2, 0) is 27.3 Å². The molecule has 6 heteroatoms. The zero-order valence-electron chi connectivity index (χ0n) is 14.0. The van der Waals surface area contributed by atoms with Crippen molar-refractivity contribution in [2.24, 2.45) is 0 Å². The number of hydrogen-bond donors (Lipinski definition) is 1. The van der Waals surface area contributed by atoms with E-state index in [1.54, 1.807) is 30.3 Å². The van der Waals surface area contributed by atoms with Crippen molar-refractivity contribution in [3.05, 3.63) is 64.7 Å². The molecule has 1 amide bonds. The Morgan fingerprint density at radius 3 is 2.48 bits per heavy atom. The van der Waals surface area contributed by atoms with Gasteiger partial charge in [0.05, 0.1) is 13.0 Å². The van der Waals surface area contributed by atoms with E-state index in [-0.39, 0.29) is 25.5 Å². The number of ether oxygens (including phenoxy) is 2. The molecule has 0 saturated carbocycles. The van der Waals surface area contributed by atoms with E-state index in [0.29, 0.717) is 11.6 Å². The lowest BCUT2D eigenvalue weighted by atomic mass is 10.1. The number of halogens is 1. The van der Waals surface area contributed by atoms with Gasteiger partial charge in [-0.15, -0.1) is 0 Å². The van der Waals surface area contributed by atoms with Gasteiger partial charge < -0.3 is 14.8 Å². The van der Waals surface area contributed by atoms with Gasteiger partial charge in [0.15, 0.2) is 6.61 Å². The monoisotopic (exact) mass is 361 g/mol. The van der Waals surface area contributed by atoms with Crippen LogP contribution in [0.1, 0.15) is 18.1 Å². The van der Waals surface area contributed by atoms with Gasteiger partial charge in [-0.3, -0.25) is 9.59 Å². The summed E-state index contributed by atoms with van der Waals surface area (Å²) >= 11 is 6.01. The lowest BCUT2D eigenvalue weighted by Gasteiger charge is -2.08. The summed E-state index contributed by atoms with van der Waals surface area (Å²) in [5.41, 5.74) is 1.60. The van der Waals surface area contributed by atoms with E-state index >= 15 is 0 Å². The predicted molar refractivity (Wildman–Crippen MR) is 95.6 cm³/mol. The summed E-state index contributed by atoms with van der Waals surface area (Å²) in [6, 6.07) is 14.4. The molecule has 0 radical (unpaired) electrons. The first-order valence-corrected chi connectivity index (χ1v) is 8.33. The van der Waals surface area contributed by atoms with E-state index < -0.39 is 5.97 Å². The second-order valence-corrected chi connectivity index (χ2v) is 5.69. The summed E-state index contributed by atoms with van der Waals surface area (Å²) in [5.74, 6) is -0.0874. The summed E-state index contributed by atoms with van der Waals surface area (Å²) in [7, 11) is 0. The molecule has 2 aromatic carbocycles. The summed E-state index contributed by atoms with van der Waals surface area (Å²) in [4.78, 5) is 23.6. The number of carbonyl (C=O) groups excluding carboxylic acids is 2. The highest BCUT2D eigenvalue weighted by atomic mass is 35.5. The predicted octanol–water partition coefficient (Wildman–Crippen LogP) is 3.14. The summed E-state index contributed by atoms with van der Waals surface area (Å²) in [6.07, 6.45) is 0.101. The molecule has 0 unspecified atom stereocenters. The Bertz CT molecular complexity index is 716. The van der Waals surface area contributed by atoms with Crippen molar-refractivity contribution in [2.45, 2.75) is 19.9 Å². The van der Waals surface area contributed by atoms with E-state index in [2.05, 4.69) is 5.32 Å². The fraction of sp³-hybridized carbons (Fsp3) is 0.263. The molecular weight excluding hydrogens is 342 g/mol. The van der Waals surface area contributed by atoms with Crippen LogP contribution in [0.4, 0.5) is 0 Å². The van der Waals surface area contributed by atoms with Gasteiger partial charge in [0, 0.05) is 11.6 Å². The highest BCUT2D eigenvalue weighted by molar-refractivity contribution is 6.31. The third-order valence-electron chi connectivity index (χ3n) is 3.38. The Morgan fingerprint density at radius 1 is 1.08 bits per heavy atom. The van der Waals surface area contributed by atoms with Gasteiger partial charge in [-0.1, -0.05) is 41.9 Å². The second kappa shape index (κ2) is 9.69. The van der Waals surface area contributed by atoms with Crippen molar-refractivity contribution in [3.63, 3.8) is 0 Å². The molecule has 0 atom stereocenters. The van der Waals surface area contributed by atoms with E-state index in [1.165, 1.54) is 0 Å². The lowest BCUT2D eigenvalue weighted by Crippen LogP contribution is -2.28. The van der Waals surface area contributed by atoms with Crippen molar-refractivity contribution in [3.8, 4) is 5.75 Å². The molecule has 0 aromatic heterocycles. The number of carbonyl (C=O) groups is 2. The van der Waals surface area contributed by atoms with Crippen LogP contribution in [0.5, 0.6) is 5.75 Å². The fourth-order valence-corrected chi connectivity index (χ4v) is 2.32. The fourth-order valence-electron chi connectivity index (χ4n) is 2.12. The number of hydrogen-bond acceptors (Lipinski definition) is 4. The van der Waals surface area contributed by atoms with Crippen LogP contribution in [-0.4, -0.2) is 25.1 Å². The van der Waals surface area contributed by atoms with Crippen LogP contribution < -0.4 is 10.1 Å². The maximum atomic E-state index is 11.8. The zero-order valence-corrected chi connectivity index (χ0v) is 14.7. The molecule has 132 valence electrons. The average Bonchev–Trinajstić information content (AvgIpc) is 2.61. The average molecular weight is 362 g/mol. The number of nitrogens with one attached hydrogen (secondary N) is 1. The third-order valence-corrected chi connectivity index (χ3v) is 3.75. The Balaban J connectivity index is 1.72. The molecular formula is C19H20ClNO4. The van der Waals surface area contributed by atoms with Gasteiger partial charge in [0.25, 0.3) is 5.91 Å². The maximum absolute atomic E-state index is 11.8. The third kappa shape index (κ3) is 6.47. The smallest absolute Gasteiger partial charge is 0.310 e. The standard InChI is InChI=1S/C19H20ClNO4/c1-2-24-16-9-7-14(8-10-16)11-19(23)25-13-18(22)21-12-15-5-3-4-6-17(15)20/h3-10H,2,11-13H2,1H3,(H,21,22). The van der Waals surface area contributed by atoms with E-state index in [9.17, 15) is 9.59 Å².